The standard InChI is InChI=1S/C14H15F3N4/c15-14(16,17)7-6-11-19-20-13-12(18-8-9-21(11)13)10-4-2-1-3-5-10/h1-5,12,18H,6-9H2. The summed E-state index contributed by atoms with van der Waals surface area (Å²) in [7, 11) is 0. The Hall–Kier alpha value is -1.89. The van der Waals surface area contributed by atoms with Crippen LogP contribution in [0.5, 0.6) is 0 Å². The van der Waals surface area contributed by atoms with Crippen LogP contribution in [0.4, 0.5) is 13.2 Å². The second-order valence-electron chi connectivity index (χ2n) is 5.04. The van der Waals surface area contributed by atoms with E-state index in [1.165, 1.54) is 0 Å². The van der Waals surface area contributed by atoms with Crippen LogP contribution in [0.3, 0.4) is 0 Å². The Morgan fingerprint density at radius 2 is 1.95 bits per heavy atom. The van der Waals surface area contributed by atoms with Gasteiger partial charge in [0.05, 0.1) is 12.5 Å². The van der Waals surface area contributed by atoms with Crippen LogP contribution < -0.4 is 5.32 Å². The van der Waals surface area contributed by atoms with Gasteiger partial charge in [-0.15, -0.1) is 10.2 Å². The average Bonchev–Trinajstić information content (AvgIpc) is 2.88. The zero-order valence-electron chi connectivity index (χ0n) is 11.3. The molecule has 0 amide bonds. The highest BCUT2D eigenvalue weighted by molar-refractivity contribution is 5.26. The quantitative estimate of drug-likeness (QED) is 0.946. The van der Waals surface area contributed by atoms with Crippen LogP contribution in [-0.4, -0.2) is 27.5 Å². The molecule has 4 nitrogen and oxygen atoms in total. The summed E-state index contributed by atoms with van der Waals surface area (Å²) in [6, 6.07) is 9.60. The molecule has 2 aromatic rings. The van der Waals surface area contributed by atoms with E-state index in [1.54, 1.807) is 4.57 Å². The number of alkyl halides is 3. The Bertz CT molecular complexity index is 606. The predicted molar refractivity (Wildman–Crippen MR) is 70.7 cm³/mol. The van der Waals surface area contributed by atoms with E-state index < -0.39 is 12.6 Å². The van der Waals surface area contributed by atoms with Crippen LogP contribution in [0.2, 0.25) is 0 Å². The Morgan fingerprint density at radius 3 is 2.67 bits per heavy atom. The monoisotopic (exact) mass is 296 g/mol. The lowest BCUT2D eigenvalue weighted by atomic mass is 10.0. The molecule has 112 valence electrons. The highest BCUT2D eigenvalue weighted by atomic mass is 19.4. The van der Waals surface area contributed by atoms with E-state index in [0.29, 0.717) is 24.7 Å². The van der Waals surface area contributed by atoms with Gasteiger partial charge in [-0.25, -0.2) is 0 Å². The third-order valence-corrected chi connectivity index (χ3v) is 3.56. The molecule has 1 unspecified atom stereocenters. The number of aromatic nitrogens is 3. The molecule has 1 atom stereocenters. The van der Waals surface area contributed by atoms with Crippen LogP contribution in [0.25, 0.3) is 0 Å². The number of nitrogens with one attached hydrogen (secondary N) is 1. The molecule has 0 saturated carbocycles. The second kappa shape index (κ2) is 5.48. The molecule has 2 heterocycles. The molecule has 1 N–H and O–H groups in total. The number of hydrogen-bond acceptors (Lipinski definition) is 3. The van der Waals surface area contributed by atoms with Crippen molar-refractivity contribution >= 4 is 0 Å². The number of halogens is 3. The smallest absolute Gasteiger partial charge is 0.312 e. The van der Waals surface area contributed by atoms with Gasteiger partial charge in [0.2, 0.25) is 0 Å². The predicted octanol–water partition coefficient (Wildman–Crippen LogP) is 2.47. The molecule has 0 spiro atoms. The summed E-state index contributed by atoms with van der Waals surface area (Å²) in [4.78, 5) is 0. The van der Waals surface area contributed by atoms with Gasteiger partial charge in [0.25, 0.3) is 0 Å². The molecule has 3 rings (SSSR count). The van der Waals surface area contributed by atoms with E-state index in [9.17, 15) is 13.2 Å². The van der Waals surface area contributed by atoms with Crippen molar-refractivity contribution in [2.24, 2.45) is 0 Å². The molecule has 1 aromatic carbocycles. The number of benzene rings is 1. The molecular formula is C14H15F3N4. The number of rotatable bonds is 3. The highest BCUT2D eigenvalue weighted by Gasteiger charge is 2.30. The van der Waals surface area contributed by atoms with Crippen LogP contribution >= 0.6 is 0 Å². The maximum Gasteiger partial charge on any atom is 0.389 e. The number of fused-ring (bicyclic) bond motifs is 1. The molecule has 0 bridgehead atoms. The maximum atomic E-state index is 12.4. The Morgan fingerprint density at radius 1 is 1.19 bits per heavy atom. The fourth-order valence-corrected chi connectivity index (χ4v) is 2.57. The van der Waals surface area contributed by atoms with Crippen molar-refractivity contribution in [2.75, 3.05) is 6.54 Å². The van der Waals surface area contributed by atoms with Crippen molar-refractivity contribution in [1.82, 2.24) is 20.1 Å². The van der Waals surface area contributed by atoms with Crippen LogP contribution in [0.15, 0.2) is 30.3 Å². The van der Waals surface area contributed by atoms with E-state index in [1.807, 2.05) is 30.3 Å². The van der Waals surface area contributed by atoms with Crippen LogP contribution in [0.1, 0.15) is 29.7 Å². The summed E-state index contributed by atoms with van der Waals surface area (Å²) >= 11 is 0. The fraction of sp³-hybridized carbons (Fsp3) is 0.429. The van der Waals surface area contributed by atoms with Crippen molar-refractivity contribution < 1.29 is 13.2 Å². The fourth-order valence-electron chi connectivity index (χ4n) is 2.57. The zero-order valence-corrected chi connectivity index (χ0v) is 11.3. The zero-order chi connectivity index (χ0) is 14.9. The van der Waals surface area contributed by atoms with Crippen molar-refractivity contribution in [3.05, 3.63) is 47.5 Å². The first-order chi connectivity index (χ1) is 10.0. The first-order valence-electron chi connectivity index (χ1n) is 6.81. The van der Waals surface area contributed by atoms with Gasteiger partial charge < -0.3 is 9.88 Å². The highest BCUT2D eigenvalue weighted by Crippen LogP contribution is 2.26. The average molecular weight is 296 g/mol. The Kier molecular flexibility index (Phi) is 3.67. The third kappa shape index (κ3) is 3.07. The lowest BCUT2D eigenvalue weighted by Gasteiger charge is -2.25. The Balaban J connectivity index is 1.85. The first kappa shape index (κ1) is 14.1. The third-order valence-electron chi connectivity index (χ3n) is 3.56. The Labute approximate surface area is 120 Å². The van der Waals surface area contributed by atoms with Gasteiger partial charge in [0, 0.05) is 19.5 Å². The SMILES string of the molecule is FC(F)(F)CCc1nnc2n1CCNC2c1ccccc1. The van der Waals surface area contributed by atoms with Crippen LogP contribution in [-0.2, 0) is 13.0 Å². The molecule has 0 fully saturated rings. The van der Waals surface area contributed by atoms with Crippen molar-refractivity contribution in [3.63, 3.8) is 0 Å². The topological polar surface area (TPSA) is 42.7 Å². The minimum atomic E-state index is -4.17. The minimum Gasteiger partial charge on any atom is -0.312 e. The summed E-state index contributed by atoms with van der Waals surface area (Å²) < 4.78 is 38.9. The van der Waals surface area contributed by atoms with E-state index >= 15 is 0 Å². The van der Waals surface area contributed by atoms with Gasteiger partial charge in [-0.3, -0.25) is 0 Å². The van der Waals surface area contributed by atoms with Crippen LogP contribution in [0, 0.1) is 0 Å². The molecule has 0 aliphatic carbocycles. The van der Waals surface area contributed by atoms with Gasteiger partial charge >= 0.3 is 6.18 Å². The molecule has 0 radical (unpaired) electrons. The summed E-state index contributed by atoms with van der Waals surface area (Å²) in [5.41, 5.74) is 1.04. The number of hydrogen-bond donors (Lipinski definition) is 1. The first-order valence-corrected chi connectivity index (χ1v) is 6.81. The van der Waals surface area contributed by atoms with Gasteiger partial charge in [-0.1, -0.05) is 30.3 Å². The summed E-state index contributed by atoms with van der Waals surface area (Å²) in [6.45, 7) is 1.28. The minimum absolute atomic E-state index is 0.118. The van der Waals surface area contributed by atoms with Crippen molar-refractivity contribution in [3.8, 4) is 0 Å². The largest absolute Gasteiger partial charge is 0.389 e. The number of nitrogens with zero attached hydrogens (tertiary/aromatic N) is 3. The summed E-state index contributed by atoms with van der Waals surface area (Å²) in [6.07, 6.45) is -5.16. The molecule has 0 saturated heterocycles. The van der Waals surface area contributed by atoms with E-state index in [2.05, 4.69) is 15.5 Å². The second-order valence-corrected chi connectivity index (χ2v) is 5.04. The molecule has 1 aliphatic heterocycles. The van der Waals surface area contributed by atoms with Gasteiger partial charge in [-0.05, 0) is 5.56 Å². The summed E-state index contributed by atoms with van der Waals surface area (Å²) in [5.74, 6) is 1.09. The number of aryl methyl sites for hydroxylation is 1. The molecular weight excluding hydrogens is 281 g/mol. The van der Waals surface area contributed by atoms with E-state index in [4.69, 9.17) is 0 Å². The molecule has 21 heavy (non-hydrogen) atoms. The summed E-state index contributed by atoms with van der Waals surface area (Å²) in [5, 5.41) is 11.4. The van der Waals surface area contributed by atoms with E-state index in [-0.39, 0.29) is 12.5 Å². The lowest BCUT2D eigenvalue weighted by Crippen LogP contribution is -2.35. The molecule has 1 aromatic heterocycles. The van der Waals surface area contributed by atoms with Crippen molar-refractivity contribution in [2.45, 2.75) is 31.6 Å². The van der Waals surface area contributed by atoms with Crippen molar-refractivity contribution in [1.29, 1.82) is 0 Å². The maximum absolute atomic E-state index is 12.4. The van der Waals surface area contributed by atoms with E-state index in [0.717, 1.165) is 5.56 Å². The normalized spacial score (nSPS) is 18.5. The molecule has 1 aliphatic rings. The lowest BCUT2D eigenvalue weighted by molar-refractivity contribution is -0.134. The van der Waals surface area contributed by atoms with Gasteiger partial charge in [0.15, 0.2) is 5.82 Å². The molecule has 7 heteroatoms. The van der Waals surface area contributed by atoms with Gasteiger partial charge in [-0.2, -0.15) is 13.2 Å². The van der Waals surface area contributed by atoms with Gasteiger partial charge in [0.1, 0.15) is 5.82 Å².